The smallest absolute Gasteiger partial charge is 0.175 e. The van der Waals surface area contributed by atoms with E-state index >= 15 is 0 Å². The van der Waals surface area contributed by atoms with Gasteiger partial charge in [-0.15, -0.1) is 0 Å². The Hall–Kier alpha value is -1.67. The van der Waals surface area contributed by atoms with Crippen molar-refractivity contribution in [3.05, 3.63) is 64.0 Å². The number of nitrogens with zero attached hydrogens (tertiary/aromatic N) is 2. The second-order valence-corrected chi connectivity index (χ2v) is 8.54. The van der Waals surface area contributed by atoms with E-state index in [0.29, 0.717) is 4.90 Å². The van der Waals surface area contributed by atoms with Crippen LogP contribution >= 0.6 is 22.6 Å². The molecule has 0 saturated heterocycles. The van der Waals surface area contributed by atoms with Crippen molar-refractivity contribution >= 4 is 32.4 Å². The van der Waals surface area contributed by atoms with Gasteiger partial charge in [-0.3, -0.25) is 0 Å². The molecule has 118 valence electrons. The summed E-state index contributed by atoms with van der Waals surface area (Å²) in [6.07, 6.45) is 3.15. The second kappa shape index (κ2) is 6.09. The number of halogens is 1. The molecule has 0 atom stereocenters. The Kier molecular flexibility index (Phi) is 4.29. The molecule has 0 unspecified atom stereocenters. The van der Waals surface area contributed by atoms with Crippen molar-refractivity contribution in [1.82, 2.24) is 9.78 Å². The minimum atomic E-state index is -3.17. The monoisotopic (exact) mass is 438 g/mol. The molecule has 0 aliphatic heterocycles. The van der Waals surface area contributed by atoms with Gasteiger partial charge in [0.2, 0.25) is 0 Å². The van der Waals surface area contributed by atoms with Gasteiger partial charge in [-0.25, -0.2) is 13.1 Å². The van der Waals surface area contributed by atoms with Crippen LogP contribution in [0.5, 0.6) is 0 Å². The number of benzene rings is 2. The van der Waals surface area contributed by atoms with Gasteiger partial charge < -0.3 is 0 Å². The molecule has 0 aliphatic carbocycles. The maximum absolute atomic E-state index is 11.6. The van der Waals surface area contributed by atoms with Crippen molar-refractivity contribution in [2.45, 2.75) is 11.8 Å². The first-order valence-corrected chi connectivity index (χ1v) is 9.94. The van der Waals surface area contributed by atoms with E-state index in [9.17, 15) is 8.42 Å². The fourth-order valence-corrected chi connectivity index (χ4v) is 3.52. The first-order valence-electron chi connectivity index (χ1n) is 6.97. The minimum absolute atomic E-state index is 0.328. The highest BCUT2D eigenvalue weighted by Gasteiger charge is 2.09. The lowest BCUT2D eigenvalue weighted by Crippen LogP contribution is -1.99. The number of aromatic nitrogens is 2. The number of hydrogen-bond donors (Lipinski definition) is 0. The van der Waals surface area contributed by atoms with Crippen molar-refractivity contribution in [2.24, 2.45) is 0 Å². The van der Waals surface area contributed by atoms with E-state index in [-0.39, 0.29) is 0 Å². The lowest BCUT2D eigenvalue weighted by molar-refractivity contribution is 0.602. The van der Waals surface area contributed by atoms with Crippen molar-refractivity contribution < 1.29 is 8.42 Å². The molecule has 1 aromatic heterocycles. The standard InChI is InChI=1S/C17H15IN2O2S/c1-12-9-10-20(19-12)17-11-14(5-8-16(17)18)13-3-6-15(7-4-13)23(2,21)22/h3-11H,1-2H3. The van der Waals surface area contributed by atoms with E-state index in [1.807, 2.05) is 48.1 Å². The molecular formula is C17H15IN2O2S. The Morgan fingerprint density at radius 2 is 1.65 bits per heavy atom. The molecule has 0 spiro atoms. The summed E-state index contributed by atoms with van der Waals surface area (Å²) in [7, 11) is -3.17. The van der Waals surface area contributed by atoms with E-state index in [2.05, 4.69) is 33.8 Å². The molecule has 0 aliphatic rings. The molecule has 0 fully saturated rings. The van der Waals surface area contributed by atoms with Crippen molar-refractivity contribution in [3.63, 3.8) is 0 Å². The molecule has 6 heteroatoms. The van der Waals surface area contributed by atoms with Gasteiger partial charge in [-0.05, 0) is 71.0 Å². The molecular weight excluding hydrogens is 423 g/mol. The predicted molar refractivity (Wildman–Crippen MR) is 99.6 cm³/mol. The third-order valence-electron chi connectivity index (χ3n) is 3.53. The van der Waals surface area contributed by atoms with Crippen LogP contribution < -0.4 is 0 Å². The normalized spacial score (nSPS) is 11.6. The summed E-state index contributed by atoms with van der Waals surface area (Å²) in [4.78, 5) is 0.328. The van der Waals surface area contributed by atoms with Gasteiger partial charge >= 0.3 is 0 Å². The Morgan fingerprint density at radius 3 is 2.22 bits per heavy atom. The fourth-order valence-electron chi connectivity index (χ4n) is 2.31. The Morgan fingerprint density at radius 1 is 1.00 bits per heavy atom. The molecule has 3 aromatic rings. The zero-order valence-corrected chi connectivity index (χ0v) is 15.7. The molecule has 1 heterocycles. The van der Waals surface area contributed by atoms with Gasteiger partial charge in [0.1, 0.15) is 0 Å². The van der Waals surface area contributed by atoms with E-state index < -0.39 is 9.84 Å². The van der Waals surface area contributed by atoms with E-state index in [1.165, 1.54) is 6.26 Å². The molecule has 3 rings (SSSR count). The molecule has 0 radical (unpaired) electrons. The molecule has 0 bridgehead atoms. The van der Waals surface area contributed by atoms with Crippen LogP contribution in [0.3, 0.4) is 0 Å². The predicted octanol–water partition coefficient (Wildman–Crippen LogP) is 3.86. The Balaban J connectivity index is 2.04. The topological polar surface area (TPSA) is 52.0 Å². The Bertz CT molecular complexity index is 961. The highest BCUT2D eigenvalue weighted by molar-refractivity contribution is 14.1. The Labute approximate surface area is 149 Å². The van der Waals surface area contributed by atoms with Gasteiger partial charge in [-0.1, -0.05) is 18.2 Å². The van der Waals surface area contributed by atoms with Crippen LogP contribution in [-0.2, 0) is 9.84 Å². The summed E-state index contributed by atoms with van der Waals surface area (Å²) < 4.78 is 26.1. The first kappa shape index (κ1) is 16.2. The zero-order valence-electron chi connectivity index (χ0n) is 12.7. The van der Waals surface area contributed by atoms with Crippen molar-refractivity contribution in [1.29, 1.82) is 0 Å². The van der Waals surface area contributed by atoms with Crippen LogP contribution in [0.4, 0.5) is 0 Å². The average molecular weight is 438 g/mol. The highest BCUT2D eigenvalue weighted by Crippen LogP contribution is 2.26. The average Bonchev–Trinajstić information content (AvgIpc) is 2.93. The quantitative estimate of drug-likeness (QED) is 0.584. The van der Waals surface area contributed by atoms with E-state index in [1.54, 1.807) is 12.1 Å². The minimum Gasteiger partial charge on any atom is -0.240 e. The first-order chi connectivity index (χ1) is 10.8. The van der Waals surface area contributed by atoms with Crippen LogP contribution in [0.15, 0.2) is 59.6 Å². The number of sulfone groups is 1. The molecule has 0 N–H and O–H groups in total. The van der Waals surface area contributed by atoms with Gasteiger partial charge in [0.25, 0.3) is 0 Å². The summed E-state index contributed by atoms with van der Waals surface area (Å²) in [5.74, 6) is 0. The van der Waals surface area contributed by atoms with Crippen molar-refractivity contribution in [3.8, 4) is 16.8 Å². The van der Waals surface area contributed by atoms with Crippen LogP contribution in [0.2, 0.25) is 0 Å². The number of hydrogen-bond acceptors (Lipinski definition) is 3. The van der Waals surface area contributed by atoms with Gasteiger partial charge in [0.15, 0.2) is 9.84 Å². The molecule has 0 saturated carbocycles. The van der Waals surface area contributed by atoms with E-state index in [4.69, 9.17) is 0 Å². The summed E-state index contributed by atoms with van der Waals surface area (Å²) in [5, 5.41) is 4.46. The summed E-state index contributed by atoms with van der Waals surface area (Å²) >= 11 is 2.28. The lowest BCUT2D eigenvalue weighted by Gasteiger charge is -2.09. The SMILES string of the molecule is Cc1ccn(-c2cc(-c3ccc(S(C)(=O)=O)cc3)ccc2I)n1. The van der Waals surface area contributed by atoms with Crippen LogP contribution in [0.1, 0.15) is 5.69 Å². The molecule has 2 aromatic carbocycles. The van der Waals surface area contributed by atoms with Crippen LogP contribution in [-0.4, -0.2) is 24.5 Å². The maximum Gasteiger partial charge on any atom is 0.175 e. The summed E-state index contributed by atoms with van der Waals surface area (Å²) in [6, 6.07) is 15.0. The highest BCUT2D eigenvalue weighted by atomic mass is 127. The van der Waals surface area contributed by atoms with Crippen molar-refractivity contribution in [2.75, 3.05) is 6.26 Å². The molecule has 23 heavy (non-hydrogen) atoms. The fraction of sp³-hybridized carbons (Fsp3) is 0.118. The summed E-state index contributed by atoms with van der Waals surface area (Å²) in [5.41, 5.74) is 3.96. The van der Waals surface area contributed by atoms with Crippen LogP contribution in [0, 0.1) is 10.5 Å². The van der Waals surface area contributed by atoms with Gasteiger partial charge in [0.05, 0.1) is 16.3 Å². The largest absolute Gasteiger partial charge is 0.240 e. The lowest BCUT2D eigenvalue weighted by atomic mass is 10.1. The number of rotatable bonds is 3. The third kappa shape index (κ3) is 3.48. The second-order valence-electron chi connectivity index (χ2n) is 5.36. The molecule has 0 amide bonds. The third-order valence-corrected chi connectivity index (χ3v) is 5.57. The van der Waals surface area contributed by atoms with E-state index in [0.717, 1.165) is 26.1 Å². The maximum atomic E-state index is 11.6. The summed E-state index contributed by atoms with van der Waals surface area (Å²) in [6.45, 7) is 1.96. The zero-order chi connectivity index (χ0) is 16.6. The molecule has 4 nitrogen and oxygen atoms in total. The number of aryl methyl sites for hydroxylation is 1. The van der Waals surface area contributed by atoms with Gasteiger partial charge in [0, 0.05) is 16.0 Å². The van der Waals surface area contributed by atoms with Crippen LogP contribution in [0.25, 0.3) is 16.8 Å². The van der Waals surface area contributed by atoms with Gasteiger partial charge in [-0.2, -0.15) is 5.10 Å².